The number of benzene rings is 1. The van der Waals surface area contributed by atoms with Crippen LogP contribution in [0.15, 0.2) is 48.2 Å². The number of rotatable bonds is 8. The number of hydrogen-bond donors (Lipinski definition) is 1. The number of amides is 1. The minimum absolute atomic E-state index is 0.0157. The number of likely N-dealkylation sites (tertiary alicyclic amines) is 1. The van der Waals surface area contributed by atoms with Gasteiger partial charge in [0.2, 0.25) is 0 Å². The summed E-state index contributed by atoms with van der Waals surface area (Å²) in [6, 6.07) is 9.55. The summed E-state index contributed by atoms with van der Waals surface area (Å²) in [4.78, 5) is 31.8. The summed E-state index contributed by atoms with van der Waals surface area (Å²) in [7, 11) is 2.93. The fraction of sp³-hybridized carbons (Fsp3) is 0.348. The molecular formula is C23H26N2O5. The van der Waals surface area contributed by atoms with Crippen molar-refractivity contribution in [2.24, 2.45) is 0 Å². The van der Waals surface area contributed by atoms with Gasteiger partial charge in [0.05, 0.1) is 25.5 Å². The minimum atomic E-state index is -0.780. The average Bonchev–Trinajstić information content (AvgIpc) is 3.03. The second-order valence-electron chi connectivity index (χ2n) is 6.99. The predicted octanol–water partition coefficient (Wildman–Crippen LogP) is 3.71. The van der Waals surface area contributed by atoms with Crippen LogP contribution in [0.5, 0.6) is 11.5 Å². The topological polar surface area (TPSA) is 89.0 Å². The maximum atomic E-state index is 13.0. The molecule has 7 heteroatoms. The number of aromatic nitrogens is 1. The van der Waals surface area contributed by atoms with E-state index in [4.69, 9.17) is 9.47 Å². The standard InChI is InChI=1S/C23H26N2O5/c1-4-5-8-14-25-20(15-10-6-7-13-24-15)19(22(27)23(25)28)21(26)18-16(29-2)11-9-12-17(18)30-3/h6-7,9-13,20,26H,4-5,8,14H2,1-3H3/b21-19+. The number of pyridine rings is 1. The van der Waals surface area contributed by atoms with Gasteiger partial charge < -0.3 is 19.5 Å². The van der Waals surface area contributed by atoms with Crippen molar-refractivity contribution < 1.29 is 24.2 Å². The van der Waals surface area contributed by atoms with E-state index in [-0.39, 0.29) is 16.9 Å². The maximum absolute atomic E-state index is 13.0. The first-order valence-electron chi connectivity index (χ1n) is 9.95. The monoisotopic (exact) mass is 410 g/mol. The van der Waals surface area contributed by atoms with Crippen LogP contribution < -0.4 is 9.47 Å². The van der Waals surface area contributed by atoms with Gasteiger partial charge in [0, 0.05) is 12.7 Å². The first-order valence-corrected chi connectivity index (χ1v) is 9.95. The molecule has 158 valence electrons. The second-order valence-corrected chi connectivity index (χ2v) is 6.99. The molecule has 1 aromatic heterocycles. The number of carbonyl (C=O) groups is 2. The fourth-order valence-corrected chi connectivity index (χ4v) is 3.71. The van der Waals surface area contributed by atoms with Gasteiger partial charge in [-0.1, -0.05) is 31.9 Å². The lowest BCUT2D eigenvalue weighted by Gasteiger charge is -2.24. The van der Waals surface area contributed by atoms with Crippen LogP contribution in [0.4, 0.5) is 0 Å². The zero-order valence-electron chi connectivity index (χ0n) is 17.4. The number of Topliss-reactive ketones (excluding diaryl/α,β-unsaturated/α-hetero) is 1. The molecule has 0 spiro atoms. The molecule has 1 saturated heterocycles. The number of nitrogens with zero attached hydrogens (tertiary/aromatic N) is 2. The van der Waals surface area contributed by atoms with Crippen LogP contribution in [0.25, 0.3) is 5.76 Å². The van der Waals surface area contributed by atoms with E-state index in [1.165, 1.54) is 19.1 Å². The van der Waals surface area contributed by atoms with Crippen LogP contribution in [-0.2, 0) is 9.59 Å². The van der Waals surface area contributed by atoms with Gasteiger partial charge in [0.25, 0.3) is 11.7 Å². The van der Waals surface area contributed by atoms with Gasteiger partial charge in [-0.15, -0.1) is 0 Å². The highest BCUT2D eigenvalue weighted by atomic mass is 16.5. The van der Waals surface area contributed by atoms with Crippen molar-refractivity contribution in [1.82, 2.24) is 9.88 Å². The van der Waals surface area contributed by atoms with Crippen molar-refractivity contribution >= 4 is 17.4 Å². The third-order valence-corrected chi connectivity index (χ3v) is 5.18. The highest BCUT2D eigenvalue weighted by molar-refractivity contribution is 6.46. The van der Waals surface area contributed by atoms with Crippen LogP contribution in [0.2, 0.25) is 0 Å². The Morgan fingerprint density at radius 1 is 1.07 bits per heavy atom. The molecule has 0 bridgehead atoms. The van der Waals surface area contributed by atoms with Crippen LogP contribution in [0.3, 0.4) is 0 Å². The SMILES string of the molecule is CCCCCN1C(=O)C(=O)/C(=C(/O)c2c(OC)cccc2OC)C1c1ccccn1. The molecule has 0 radical (unpaired) electrons. The number of ether oxygens (including phenoxy) is 2. The lowest BCUT2D eigenvalue weighted by atomic mass is 9.97. The lowest BCUT2D eigenvalue weighted by molar-refractivity contribution is -0.140. The van der Waals surface area contributed by atoms with Crippen LogP contribution in [0.1, 0.15) is 43.5 Å². The van der Waals surface area contributed by atoms with Crippen LogP contribution >= 0.6 is 0 Å². The molecule has 1 aliphatic rings. The van der Waals surface area contributed by atoms with E-state index in [0.717, 1.165) is 19.3 Å². The van der Waals surface area contributed by atoms with E-state index in [1.807, 2.05) is 0 Å². The van der Waals surface area contributed by atoms with Crippen molar-refractivity contribution in [3.63, 3.8) is 0 Å². The largest absolute Gasteiger partial charge is 0.506 e. The first-order chi connectivity index (χ1) is 14.5. The van der Waals surface area contributed by atoms with Gasteiger partial charge in [-0.25, -0.2) is 0 Å². The van der Waals surface area contributed by atoms with Crippen molar-refractivity contribution in [2.75, 3.05) is 20.8 Å². The van der Waals surface area contributed by atoms with E-state index in [9.17, 15) is 14.7 Å². The maximum Gasteiger partial charge on any atom is 0.295 e. The Kier molecular flexibility index (Phi) is 6.72. The highest BCUT2D eigenvalue weighted by Crippen LogP contribution is 2.42. The summed E-state index contributed by atoms with van der Waals surface area (Å²) in [6.07, 6.45) is 4.27. The van der Waals surface area contributed by atoms with Crippen molar-refractivity contribution in [1.29, 1.82) is 0 Å². The van der Waals surface area contributed by atoms with Crippen LogP contribution in [0, 0.1) is 0 Å². The van der Waals surface area contributed by atoms with E-state index < -0.39 is 17.7 Å². The van der Waals surface area contributed by atoms with Crippen molar-refractivity contribution in [3.8, 4) is 11.5 Å². The molecule has 7 nitrogen and oxygen atoms in total. The summed E-state index contributed by atoms with van der Waals surface area (Å²) >= 11 is 0. The molecule has 1 unspecified atom stereocenters. The Bertz CT molecular complexity index is 933. The molecule has 1 aromatic carbocycles. The van der Waals surface area contributed by atoms with E-state index in [2.05, 4.69) is 11.9 Å². The zero-order valence-corrected chi connectivity index (χ0v) is 17.4. The van der Waals surface area contributed by atoms with Gasteiger partial charge in [-0.05, 0) is 30.7 Å². The molecule has 1 aliphatic heterocycles. The molecule has 1 fully saturated rings. The third-order valence-electron chi connectivity index (χ3n) is 5.18. The molecule has 2 heterocycles. The normalized spacial score (nSPS) is 18.0. The molecule has 0 saturated carbocycles. The minimum Gasteiger partial charge on any atom is -0.506 e. The predicted molar refractivity (Wildman–Crippen MR) is 112 cm³/mol. The molecule has 2 aromatic rings. The zero-order chi connectivity index (χ0) is 21.7. The summed E-state index contributed by atoms with van der Waals surface area (Å²) in [5.74, 6) is -1.05. The smallest absolute Gasteiger partial charge is 0.295 e. The van der Waals surface area contributed by atoms with Crippen molar-refractivity contribution in [3.05, 3.63) is 59.4 Å². The Morgan fingerprint density at radius 3 is 2.33 bits per heavy atom. The number of hydrogen-bond acceptors (Lipinski definition) is 6. The highest BCUT2D eigenvalue weighted by Gasteiger charge is 2.47. The number of aliphatic hydroxyl groups is 1. The second kappa shape index (κ2) is 9.43. The molecule has 3 rings (SSSR count). The average molecular weight is 410 g/mol. The Morgan fingerprint density at radius 2 is 1.77 bits per heavy atom. The molecule has 30 heavy (non-hydrogen) atoms. The fourth-order valence-electron chi connectivity index (χ4n) is 3.71. The van der Waals surface area contributed by atoms with Gasteiger partial charge in [-0.2, -0.15) is 0 Å². The summed E-state index contributed by atoms with van der Waals surface area (Å²) in [6.45, 7) is 2.47. The van der Waals surface area contributed by atoms with E-state index in [1.54, 1.807) is 42.6 Å². The van der Waals surface area contributed by atoms with Gasteiger partial charge in [0.1, 0.15) is 28.9 Å². The number of carbonyl (C=O) groups excluding carboxylic acids is 2. The number of methoxy groups -OCH3 is 2. The molecule has 0 aliphatic carbocycles. The number of aliphatic hydroxyl groups excluding tert-OH is 1. The molecule has 1 N–H and O–H groups in total. The summed E-state index contributed by atoms with van der Waals surface area (Å²) < 4.78 is 10.8. The molecule has 1 atom stereocenters. The summed E-state index contributed by atoms with van der Waals surface area (Å²) in [5, 5.41) is 11.2. The Labute approximate surface area is 175 Å². The summed E-state index contributed by atoms with van der Waals surface area (Å²) in [5.41, 5.74) is 0.733. The quantitative estimate of drug-likeness (QED) is 0.309. The van der Waals surface area contributed by atoms with Gasteiger partial charge >= 0.3 is 0 Å². The third kappa shape index (κ3) is 3.87. The Balaban J connectivity index is 2.20. The van der Waals surface area contributed by atoms with E-state index >= 15 is 0 Å². The van der Waals surface area contributed by atoms with Crippen molar-refractivity contribution in [2.45, 2.75) is 32.2 Å². The number of ketones is 1. The molecule has 1 amide bonds. The lowest BCUT2D eigenvalue weighted by Crippen LogP contribution is -2.31. The van der Waals surface area contributed by atoms with Gasteiger partial charge in [-0.3, -0.25) is 14.6 Å². The molecular weight excluding hydrogens is 384 g/mol. The van der Waals surface area contributed by atoms with E-state index in [0.29, 0.717) is 23.7 Å². The van der Waals surface area contributed by atoms with Gasteiger partial charge in [0.15, 0.2) is 0 Å². The van der Waals surface area contributed by atoms with Crippen LogP contribution in [-0.4, -0.2) is 47.4 Å². The number of unbranched alkanes of at least 4 members (excludes halogenated alkanes) is 2. The Hall–Kier alpha value is -3.35. The first kappa shape index (κ1) is 21.4.